The Hall–Kier alpha value is -4.48. The molecule has 0 unspecified atom stereocenters. The summed E-state index contributed by atoms with van der Waals surface area (Å²) < 4.78 is 4.92. The van der Waals surface area contributed by atoms with Gasteiger partial charge in [0.1, 0.15) is 18.1 Å². The number of nitrogens with one attached hydrogen (secondary N) is 3. The molecule has 220 valence electrons. The van der Waals surface area contributed by atoms with Crippen LogP contribution in [0.25, 0.3) is 0 Å². The van der Waals surface area contributed by atoms with Crippen LogP contribution in [0.2, 0.25) is 0 Å². The van der Waals surface area contributed by atoms with Crippen LogP contribution in [0.4, 0.5) is 0 Å². The summed E-state index contributed by atoms with van der Waals surface area (Å²) in [6.07, 6.45) is 0.337. The maximum atomic E-state index is 13.6. The Morgan fingerprint density at radius 2 is 1.21 bits per heavy atom. The number of esters is 1. The van der Waals surface area contributed by atoms with Crippen LogP contribution in [0.15, 0.2) is 84.9 Å². The van der Waals surface area contributed by atoms with Gasteiger partial charge in [0.25, 0.3) is 5.91 Å². The van der Waals surface area contributed by atoms with Crippen molar-refractivity contribution in [1.29, 1.82) is 0 Å². The highest BCUT2D eigenvalue weighted by molar-refractivity contribution is 6.58. The lowest BCUT2D eigenvalue weighted by atomic mass is 9.80. The third-order valence-electron chi connectivity index (χ3n) is 6.71. The summed E-state index contributed by atoms with van der Waals surface area (Å²) in [6.45, 7) is 3.52. The standard InChI is InChI=1S/C31H36BN3O7/c1-20(2)27(35-28(36)23-14-16-24(17-15-23)32(40)41)30(38)33-25(18-21-10-6-4-7-11-21)29(37)34-26(31(39)42-3)19-22-12-8-5-9-13-22/h4-17,20,25-27,40-41H,18-19H2,1-3H3,(H,33,38)(H,34,37)(H,35,36)/t25-,26-,27-/m0/s1. The predicted molar refractivity (Wildman–Crippen MR) is 159 cm³/mol. The maximum Gasteiger partial charge on any atom is 0.488 e. The molecule has 5 N–H and O–H groups in total. The van der Waals surface area contributed by atoms with Gasteiger partial charge in [-0.3, -0.25) is 14.4 Å². The van der Waals surface area contributed by atoms with E-state index in [-0.39, 0.29) is 29.8 Å². The molecule has 3 amide bonds. The topological polar surface area (TPSA) is 154 Å². The molecule has 3 rings (SSSR count). The van der Waals surface area contributed by atoms with Gasteiger partial charge in [0.2, 0.25) is 11.8 Å². The first-order chi connectivity index (χ1) is 20.1. The molecule has 0 saturated carbocycles. The summed E-state index contributed by atoms with van der Waals surface area (Å²) in [5.41, 5.74) is 2.04. The molecule has 0 saturated heterocycles. The first-order valence-corrected chi connectivity index (χ1v) is 13.6. The zero-order chi connectivity index (χ0) is 30.6. The first kappa shape index (κ1) is 32.0. The minimum Gasteiger partial charge on any atom is -0.467 e. The van der Waals surface area contributed by atoms with Crippen LogP contribution < -0.4 is 21.4 Å². The molecule has 0 bridgehead atoms. The van der Waals surface area contributed by atoms with Crippen molar-refractivity contribution in [2.75, 3.05) is 7.11 Å². The molecular formula is C31H36BN3O7. The van der Waals surface area contributed by atoms with E-state index in [1.807, 2.05) is 60.7 Å². The first-order valence-electron chi connectivity index (χ1n) is 13.6. The van der Waals surface area contributed by atoms with Crippen molar-refractivity contribution in [3.63, 3.8) is 0 Å². The summed E-state index contributed by atoms with van der Waals surface area (Å²) in [5.74, 6) is -2.65. The molecule has 0 aliphatic heterocycles. The predicted octanol–water partition coefficient (Wildman–Crippen LogP) is 0.749. The lowest BCUT2D eigenvalue weighted by Gasteiger charge is -2.26. The third-order valence-corrected chi connectivity index (χ3v) is 6.71. The van der Waals surface area contributed by atoms with Crippen molar-refractivity contribution in [3.05, 3.63) is 102 Å². The monoisotopic (exact) mass is 573 g/mol. The molecule has 3 aromatic carbocycles. The van der Waals surface area contributed by atoms with Crippen LogP contribution in [-0.4, -0.2) is 66.1 Å². The normalized spacial score (nSPS) is 12.9. The van der Waals surface area contributed by atoms with Gasteiger partial charge in [-0.15, -0.1) is 0 Å². The van der Waals surface area contributed by atoms with Crippen molar-refractivity contribution in [2.45, 2.75) is 44.8 Å². The zero-order valence-electron chi connectivity index (χ0n) is 23.8. The number of hydrogen-bond donors (Lipinski definition) is 5. The molecule has 3 atom stereocenters. The number of rotatable bonds is 13. The molecule has 42 heavy (non-hydrogen) atoms. The van der Waals surface area contributed by atoms with Gasteiger partial charge >= 0.3 is 13.1 Å². The smallest absolute Gasteiger partial charge is 0.467 e. The minimum atomic E-state index is -1.67. The van der Waals surface area contributed by atoms with E-state index in [4.69, 9.17) is 4.74 Å². The van der Waals surface area contributed by atoms with Gasteiger partial charge in [0.15, 0.2) is 0 Å². The lowest BCUT2D eigenvalue weighted by molar-refractivity contribution is -0.145. The fourth-order valence-corrected chi connectivity index (χ4v) is 4.34. The maximum absolute atomic E-state index is 13.6. The van der Waals surface area contributed by atoms with Crippen LogP contribution in [-0.2, 0) is 32.0 Å². The van der Waals surface area contributed by atoms with Gasteiger partial charge in [0, 0.05) is 18.4 Å². The second kappa shape index (κ2) is 15.5. The number of ether oxygens (including phenoxy) is 1. The van der Waals surface area contributed by atoms with Crippen LogP contribution in [0.1, 0.15) is 35.3 Å². The second-order valence-corrected chi connectivity index (χ2v) is 10.2. The SMILES string of the molecule is COC(=O)[C@H](Cc1ccccc1)NC(=O)[C@H](Cc1ccccc1)NC(=O)[C@@H](NC(=O)c1ccc(B(O)O)cc1)C(C)C. The minimum absolute atomic E-state index is 0.140. The van der Waals surface area contributed by atoms with Crippen molar-refractivity contribution in [1.82, 2.24) is 16.0 Å². The van der Waals surface area contributed by atoms with Crippen molar-refractivity contribution in [2.24, 2.45) is 5.92 Å². The number of carbonyl (C=O) groups excluding carboxylic acids is 4. The van der Waals surface area contributed by atoms with Crippen molar-refractivity contribution in [3.8, 4) is 0 Å². The molecule has 0 aliphatic rings. The summed E-state index contributed by atoms with van der Waals surface area (Å²) in [5, 5.41) is 26.8. The van der Waals surface area contributed by atoms with Crippen molar-refractivity contribution >= 4 is 36.3 Å². The van der Waals surface area contributed by atoms with E-state index in [1.165, 1.54) is 31.4 Å². The third kappa shape index (κ3) is 9.29. The largest absolute Gasteiger partial charge is 0.488 e. The van der Waals surface area contributed by atoms with E-state index >= 15 is 0 Å². The molecule has 0 spiro atoms. The second-order valence-electron chi connectivity index (χ2n) is 10.2. The Balaban J connectivity index is 1.79. The lowest BCUT2D eigenvalue weighted by Crippen LogP contribution is -2.57. The molecule has 0 aliphatic carbocycles. The molecule has 0 aromatic heterocycles. The van der Waals surface area contributed by atoms with Gasteiger partial charge in [-0.05, 0) is 34.6 Å². The molecule has 0 fully saturated rings. The molecule has 11 heteroatoms. The molecular weight excluding hydrogens is 537 g/mol. The van der Waals surface area contributed by atoms with Crippen molar-refractivity contribution < 1.29 is 34.0 Å². The summed E-state index contributed by atoms with van der Waals surface area (Å²) in [6, 6.07) is 20.9. The van der Waals surface area contributed by atoms with E-state index in [0.29, 0.717) is 0 Å². The Labute approximate surface area is 245 Å². The van der Waals surface area contributed by atoms with Gasteiger partial charge in [-0.2, -0.15) is 0 Å². The Bertz CT molecular complexity index is 1340. The highest BCUT2D eigenvalue weighted by Crippen LogP contribution is 2.10. The molecule has 10 nitrogen and oxygen atoms in total. The molecule has 0 radical (unpaired) electrons. The van der Waals surface area contributed by atoms with E-state index < -0.39 is 48.9 Å². The van der Waals surface area contributed by atoms with Gasteiger partial charge in [-0.1, -0.05) is 86.6 Å². The highest BCUT2D eigenvalue weighted by atomic mass is 16.5. The highest BCUT2D eigenvalue weighted by Gasteiger charge is 2.31. The van der Waals surface area contributed by atoms with E-state index in [1.54, 1.807) is 13.8 Å². The van der Waals surface area contributed by atoms with Crippen LogP contribution >= 0.6 is 0 Å². The van der Waals surface area contributed by atoms with Gasteiger partial charge < -0.3 is 30.7 Å². The summed E-state index contributed by atoms with van der Waals surface area (Å²) in [7, 11) is -0.430. The number of methoxy groups -OCH3 is 1. The zero-order valence-corrected chi connectivity index (χ0v) is 23.8. The number of hydrogen-bond acceptors (Lipinski definition) is 7. The molecule has 3 aromatic rings. The quantitative estimate of drug-likeness (QED) is 0.149. The summed E-state index contributed by atoms with van der Waals surface area (Å²) >= 11 is 0. The number of amides is 3. The fourth-order valence-electron chi connectivity index (χ4n) is 4.34. The average molecular weight is 573 g/mol. The average Bonchev–Trinajstić information content (AvgIpc) is 2.99. The van der Waals surface area contributed by atoms with Crippen LogP contribution in [0.5, 0.6) is 0 Å². The van der Waals surface area contributed by atoms with E-state index in [2.05, 4.69) is 16.0 Å². The van der Waals surface area contributed by atoms with Gasteiger partial charge in [-0.25, -0.2) is 4.79 Å². The Morgan fingerprint density at radius 1 is 0.714 bits per heavy atom. The Kier molecular flexibility index (Phi) is 11.8. The van der Waals surface area contributed by atoms with E-state index in [0.717, 1.165) is 11.1 Å². The fraction of sp³-hybridized carbons (Fsp3) is 0.290. The number of carbonyl (C=O) groups is 4. The number of benzene rings is 3. The van der Waals surface area contributed by atoms with Gasteiger partial charge in [0.05, 0.1) is 7.11 Å². The van der Waals surface area contributed by atoms with E-state index in [9.17, 15) is 29.2 Å². The Morgan fingerprint density at radius 3 is 1.69 bits per heavy atom. The summed E-state index contributed by atoms with van der Waals surface area (Å²) in [4.78, 5) is 52.6. The van der Waals surface area contributed by atoms with Crippen LogP contribution in [0.3, 0.4) is 0 Å². The van der Waals surface area contributed by atoms with Crippen LogP contribution in [0, 0.1) is 5.92 Å². The molecule has 0 heterocycles.